The molecule has 0 unspecified atom stereocenters. The molecule has 0 aliphatic heterocycles. The summed E-state index contributed by atoms with van der Waals surface area (Å²) in [5.41, 5.74) is 29.4. The van der Waals surface area contributed by atoms with E-state index in [1.54, 1.807) is 18.6 Å². The van der Waals surface area contributed by atoms with E-state index >= 15 is 0 Å². The van der Waals surface area contributed by atoms with E-state index < -0.39 is 0 Å². The van der Waals surface area contributed by atoms with Gasteiger partial charge in [0.15, 0.2) is 0 Å². The van der Waals surface area contributed by atoms with Gasteiger partial charge in [-0.25, -0.2) is 0 Å². The molecule has 0 spiro atoms. The number of hydrogen-bond acceptors (Lipinski definition) is 6. The zero-order valence-electron chi connectivity index (χ0n) is 57.7. The second kappa shape index (κ2) is 40.5. The number of pyridine rings is 6. The van der Waals surface area contributed by atoms with Gasteiger partial charge in [-0.05, 0) is 190 Å². The van der Waals surface area contributed by atoms with Gasteiger partial charge in [-0.15, -0.1) is 215 Å². The van der Waals surface area contributed by atoms with Crippen LogP contribution in [0.15, 0.2) is 322 Å². The maximum absolute atomic E-state index is 4.61. The van der Waals surface area contributed by atoms with Crippen molar-refractivity contribution in [1.82, 2.24) is 29.9 Å². The molecule has 2 aliphatic rings. The zero-order valence-corrected chi connectivity index (χ0v) is 64.9. The van der Waals surface area contributed by atoms with Crippen LogP contribution < -0.4 is 0 Å². The van der Waals surface area contributed by atoms with E-state index in [-0.39, 0.29) is 60.3 Å². The SMILES string of the molecule is Cc1cc(-c2ccc(-c3[c-]cccc3)nc2)cc(C)c1C.[Ir].[Ir].[Ir].[c-]1ccccc1-c1ccc(-c2ccc3c(c2)CCC3)cn1.[c-]1ccccc1-c1ccc(-c2ccc3c(c2)CCCC3)cn1.[c-]1ccccc1-c1ccccn1.[c-]1ccccc1-c1ccccn1.[c-]1ccccc1-c1ccccn1. The largest absolute Gasteiger partial charge is 0.305 e. The molecule has 6 aromatic heterocycles. The molecule has 0 atom stereocenters. The minimum atomic E-state index is 0. The Bertz CT molecular complexity index is 4620. The molecule has 15 aromatic rings. The minimum absolute atomic E-state index is 0. The van der Waals surface area contributed by atoms with Crippen molar-refractivity contribution >= 4 is 0 Å². The first kappa shape index (κ1) is 77.0. The monoisotopic (exact) mass is 1870 g/mol. The van der Waals surface area contributed by atoms with Crippen molar-refractivity contribution in [3.05, 3.63) is 398 Å². The molecule has 9 heteroatoms. The van der Waals surface area contributed by atoms with Crippen LogP contribution in [0.4, 0.5) is 0 Å². The molecule has 3 radical (unpaired) electrons. The predicted molar refractivity (Wildman–Crippen MR) is 410 cm³/mol. The third-order valence-electron chi connectivity index (χ3n) is 17.6. The van der Waals surface area contributed by atoms with Crippen LogP contribution in [-0.4, -0.2) is 29.9 Å². The second-order valence-corrected chi connectivity index (χ2v) is 24.4. The van der Waals surface area contributed by atoms with Crippen molar-refractivity contribution in [2.45, 2.75) is 65.7 Å². The predicted octanol–water partition coefficient (Wildman–Crippen LogP) is 22.6. The zero-order chi connectivity index (χ0) is 68.3. The molecule has 17 rings (SSSR count). The normalized spacial score (nSPS) is 11.1. The van der Waals surface area contributed by atoms with Gasteiger partial charge < -0.3 is 29.9 Å². The Balaban J connectivity index is 0.000000145. The van der Waals surface area contributed by atoms with Crippen LogP contribution in [-0.2, 0) is 86.0 Å². The molecule has 103 heavy (non-hydrogen) atoms. The van der Waals surface area contributed by atoms with Gasteiger partial charge in [0.25, 0.3) is 0 Å². The molecule has 2 aliphatic carbocycles. The molecular weight excluding hydrogens is 1790 g/mol. The van der Waals surface area contributed by atoms with Gasteiger partial charge in [0.2, 0.25) is 0 Å². The average molecular weight is 1870 g/mol. The van der Waals surface area contributed by atoms with Gasteiger partial charge in [0.1, 0.15) is 0 Å². The van der Waals surface area contributed by atoms with Crippen molar-refractivity contribution in [2.24, 2.45) is 0 Å². The van der Waals surface area contributed by atoms with Crippen molar-refractivity contribution in [2.75, 3.05) is 0 Å². The molecule has 0 bridgehead atoms. The fraction of sp³-hybridized carbons (Fsp3) is 0.106. The van der Waals surface area contributed by atoms with Crippen LogP contribution in [0.3, 0.4) is 0 Å². The van der Waals surface area contributed by atoms with E-state index in [0.717, 1.165) is 73.1 Å². The first-order valence-corrected chi connectivity index (χ1v) is 34.1. The molecule has 0 saturated heterocycles. The fourth-order valence-electron chi connectivity index (χ4n) is 11.9. The number of rotatable bonds is 9. The minimum Gasteiger partial charge on any atom is -0.305 e. The van der Waals surface area contributed by atoms with E-state index in [2.05, 4.69) is 172 Å². The molecule has 6 heterocycles. The second-order valence-electron chi connectivity index (χ2n) is 24.4. The van der Waals surface area contributed by atoms with Gasteiger partial charge in [-0.1, -0.05) is 121 Å². The van der Waals surface area contributed by atoms with Gasteiger partial charge in [-0.2, -0.15) is 0 Å². The van der Waals surface area contributed by atoms with E-state index in [0.29, 0.717) is 0 Å². The van der Waals surface area contributed by atoms with E-state index in [9.17, 15) is 0 Å². The first-order chi connectivity index (χ1) is 49.3. The number of nitrogens with zero attached hydrogens (tertiary/aromatic N) is 6. The quantitative estimate of drug-likeness (QED) is 0.134. The van der Waals surface area contributed by atoms with E-state index in [4.69, 9.17) is 0 Å². The van der Waals surface area contributed by atoms with Crippen LogP contribution in [0.25, 0.3) is 101 Å². The third-order valence-corrected chi connectivity index (χ3v) is 17.6. The summed E-state index contributed by atoms with van der Waals surface area (Å²) in [6.45, 7) is 6.49. The Morgan fingerprint density at radius 1 is 0.233 bits per heavy atom. The summed E-state index contributed by atoms with van der Waals surface area (Å²) < 4.78 is 0. The summed E-state index contributed by atoms with van der Waals surface area (Å²) in [6.07, 6.45) is 20.1. The maximum atomic E-state index is 4.61. The summed E-state index contributed by atoms with van der Waals surface area (Å²) in [6, 6.07) is 115. The molecule has 515 valence electrons. The van der Waals surface area contributed by atoms with Gasteiger partial charge in [0, 0.05) is 97.5 Å². The standard InChI is InChI=1S/C21H18N.C20H16N.C20H18N.3C11H8N.3Ir/c1-2-7-17(8-3-1)21-13-12-20(15-22-21)19-11-10-16-6-4-5-9-18(16)14-19;1-2-5-16(6-3-1)20-12-11-19(14-21-20)18-10-9-15-7-4-8-17(15)13-18;1-14-11-19(12-15(2)16(14)3)18-9-10-20(21-13-18)17-7-5-4-6-8-17;3*1-2-6-10(7-3-1)11-8-4-5-9-12-11;;;/h1-3,7,10-15H,4-6,9H2;1-3,5,9-14H,4,7-8H2;4-7,9-13H,1-3H3;3*1-6,8-9H;;;/q6*-1;;;. The maximum Gasteiger partial charge on any atom is 0.0239 e. The number of aryl methyl sites for hydroxylation is 6. The van der Waals surface area contributed by atoms with Crippen LogP contribution >= 0.6 is 0 Å². The van der Waals surface area contributed by atoms with Crippen molar-refractivity contribution in [1.29, 1.82) is 0 Å². The first-order valence-electron chi connectivity index (χ1n) is 34.1. The fourth-order valence-corrected chi connectivity index (χ4v) is 11.9. The average Bonchev–Trinajstić information content (AvgIpc) is 1.64. The summed E-state index contributed by atoms with van der Waals surface area (Å²) in [4.78, 5) is 26.4. The van der Waals surface area contributed by atoms with Crippen LogP contribution in [0, 0.1) is 57.2 Å². The Labute approximate surface area is 649 Å². The van der Waals surface area contributed by atoms with Crippen molar-refractivity contribution in [3.63, 3.8) is 0 Å². The summed E-state index contributed by atoms with van der Waals surface area (Å²) in [5, 5.41) is 0. The van der Waals surface area contributed by atoms with E-state index in [1.165, 1.54) is 112 Å². The van der Waals surface area contributed by atoms with Gasteiger partial charge >= 0.3 is 0 Å². The molecular formula is C94H76Ir3N6-6. The molecule has 0 saturated carbocycles. The van der Waals surface area contributed by atoms with Crippen LogP contribution in [0.5, 0.6) is 0 Å². The molecule has 6 nitrogen and oxygen atoms in total. The third kappa shape index (κ3) is 22.2. The molecule has 0 amide bonds. The molecule has 0 fully saturated rings. The molecule has 9 aromatic carbocycles. The Hall–Kier alpha value is -10.2. The summed E-state index contributed by atoms with van der Waals surface area (Å²) in [5.74, 6) is 0. The Morgan fingerprint density at radius 2 is 0.505 bits per heavy atom. The van der Waals surface area contributed by atoms with Crippen molar-refractivity contribution in [3.8, 4) is 101 Å². The van der Waals surface area contributed by atoms with Gasteiger partial charge in [-0.3, -0.25) is 0 Å². The van der Waals surface area contributed by atoms with Crippen LogP contribution in [0.1, 0.15) is 58.2 Å². The summed E-state index contributed by atoms with van der Waals surface area (Å²) >= 11 is 0. The Morgan fingerprint density at radius 3 is 0.786 bits per heavy atom. The van der Waals surface area contributed by atoms with E-state index in [1.807, 2.05) is 219 Å². The number of aromatic nitrogens is 6. The summed E-state index contributed by atoms with van der Waals surface area (Å²) in [7, 11) is 0. The van der Waals surface area contributed by atoms with Crippen LogP contribution in [0.2, 0.25) is 0 Å². The Kier molecular flexibility index (Phi) is 30.2. The number of benzene rings is 9. The van der Waals surface area contributed by atoms with Gasteiger partial charge in [0.05, 0.1) is 0 Å². The smallest absolute Gasteiger partial charge is 0.0239 e. The topological polar surface area (TPSA) is 77.3 Å². The number of fused-ring (bicyclic) bond motifs is 2. The number of hydrogen-bond donors (Lipinski definition) is 0. The molecule has 0 N–H and O–H groups in total. The van der Waals surface area contributed by atoms with Crippen molar-refractivity contribution < 1.29 is 60.3 Å².